The van der Waals surface area contributed by atoms with Gasteiger partial charge in [-0.2, -0.15) is 0 Å². The molecule has 2 saturated heterocycles. The first kappa shape index (κ1) is 19.9. The molecule has 2 aliphatic heterocycles. The zero-order chi connectivity index (χ0) is 13.1. The van der Waals surface area contributed by atoms with Crippen LogP contribution in [-0.4, -0.2) is 73.2 Å². The van der Waals surface area contributed by atoms with Gasteiger partial charge in [-0.1, -0.05) is 0 Å². The Kier molecular flexibility index (Phi) is 9.02. The van der Waals surface area contributed by atoms with Crippen molar-refractivity contribution in [1.82, 2.24) is 15.1 Å². The zero-order valence-corrected chi connectivity index (χ0v) is 14.1. The van der Waals surface area contributed by atoms with Gasteiger partial charge in [0.1, 0.15) is 0 Å². The summed E-state index contributed by atoms with van der Waals surface area (Å²) in [6.07, 6.45) is 0. The number of hydrogen-bond acceptors (Lipinski definition) is 4. The lowest BCUT2D eigenvalue weighted by Crippen LogP contribution is -2.61. The molecule has 1 N–H and O–H groups in total. The summed E-state index contributed by atoms with van der Waals surface area (Å²) in [6, 6.07) is 1.14. The van der Waals surface area contributed by atoms with E-state index in [1.165, 1.54) is 0 Å². The van der Waals surface area contributed by atoms with Crippen molar-refractivity contribution in [2.45, 2.75) is 38.9 Å². The minimum atomic E-state index is 0. The van der Waals surface area contributed by atoms with E-state index < -0.39 is 0 Å². The molecule has 3 atom stereocenters. The molecule has 0 aliphatic carbocycles. The summed E-state index contributed by atoms with van der Waals surface area (Å²) in [6.45, 7) is 11.2. The van der Waals surface area contributed by atoms with E-state index in [0.29, 0.717) is 18.1 Å². The number of halogens is 2. The molecule has 0 saturated carbocycles. The molecule has 0 bridgehead atoms. The molecule has 2 aliphatic rings. The average molecular weight is 328 g/mol. The summed E-state index contributed by atoms with van der Waals surface area (Å²) in [7, 11) is 0. The molecule has 5 nitrogen and oxygen atoms in total. The maximum absolute atomic E-state index is 11.7. The second-order valence-corrected chi connectivity index (χ2v) is 5.55. The molecule has 0 spiro atoms. The van der Waals surface area contributed by atoms with Crippen LogP contribution in [0.25, 0.3) is 0 Å². The standard InChI is InChI=1S/C13H25N3O2.2ClH/c1-10-7-16(12(3)17)13(6-14-10)8-15-4-5-18-9-11(15)2;;/h10-11,13-14H,4-9H2,1-3H3;2*1H/t10-,11-,13-;;/m1../s1. The second kappa shape index (κ2) is 9.05. The summed E-state index contributed by atoms with van der Waals surface area (Å²) in [5.41, 5.74) is 0. The van der Waals surface area contributed by atoms with Crippen LogP contribution in [0.15, 0.2) is 0 Å². The lowest BCUT2D eigenvalue weighted by atomic mass is 10.1. The molecule has 120 valence electrons. The van der Waals surface area contributed by atoms with Crippen molar-refractivity contribution in [3.05, 3.63) is 0 Å². The quantitative estimate of drug-likeness (QED) is 0.813. The van der Waals surface area contributed by atoms with Gasteiger partial charge in [0, 0.05) is 45.2 Å². The van der Waals surface area contributed by atoms with Gasteiger partial charge in [-0.15, -0.1) is 24.8 Å². The Balaban J connectivity index is 0.00000180. The van der Waals surface area contributed by atoms with Gasteiger partial charge in [-0.25, -0.2) is 0 Å². The number of nitrogens with one attached hydrogen (secondary N) is 1. The lowest BCUT2D eigenvalue weighted by Gasteiger charge is -2.43. The van der Waals surface area contributed by atoms with Gasteiger partial charge in [-0.05, 0) is 13.8 Å². The number of ether oxygens (including phenoxy) is 1. The number of morpholine rings is 1. The smallest absolute Gasteiger partial charge is 0.219 e. The number of carbonyl (C=O) groups is 1. The summed E-state index contributed by atoms with van der Waals surface area (Å²) >= 11 is 0. The molecule has 0 aromatic carbocycles. The van der Waals surface area contributed by atoms with Crippen LogP contribution in [0.2, 0.25) is 0 Å². The highest BCUT2D eigenvalue weighted by molar-refractivity contribution is 5.85. The van der Waals surface area contributed by atoms with Crippen LogP contribution >= 0.6 is 24.8 Å². The minimum Gasteiger partial charge on any atom is -0.379 e. The first-order valence-electron chi connectivity index (χ1n) is 6.90. The van der Waals surface area contributed by atoms with Crippen molar-refractivity contribution in [3.8, 4) is 0 Å². The van der Waals surface area contributed by atoms with Crippen LogP contribution in [0.3, 0.4) is 0 Å². The van der Waals surface area contributed by atoms with E-state index in [1.54, 1.807) is 6.92 Å². The highest BCUT2D eigenvalue weighted by atomic mass is 35.5. The Morgan fingerprint density at radius 2 is 2.05 bits per heavy atom. The zero-order valence-electron chi connectivity index (χ0n) is 12.5. The van der Waals surface area contributed by atoms with E-state index in [2.05, 4.69) is 24.1 Å². The topological polar surface area (TPSA) is 44.8 Å². The number of piperazine rings is 1. The van der Waals surface area contributed by atoms with Gasteiger partial charge in [0.2, 0.25) is 5.91 Å². The molecule has 1 amide bonds. The molecular weight excluding hydrogens is 301 g/mol. The molecule has 0 aromatic heterocycles. The maximum Gasteiger partial charge on any atom is 0.219 e. The first-order chi connectivity index (χ1) is 8.58. The van der Waals surface area contributed by atoms with Crippen LogP contribution in [0, 0.1) is 0 Å². The molecule has 0 radical (unpaired) electrons. The fourth-order valence-electron chi connectivity index (χ4n) is 2.81. The summed E-state index contributed by atoms with van der Waals surface area (Å²) in [5, 5.41) is 3.47. The number of hydrogen-bond donors (Lipinski definition) is 1. The average Bonchev–Trinajstić information content (AvgIpc) is 2.34. The summed E-state index contributed by atoms with van der Waals surface area (Å²) in [4.78, 5) is 16.2. The minimum absolute atomic E-state index is 0. The predicted molar refractivity (Wildman–Crippen MR) is 85.0 cm³/mol. The molecule has 2 fully saturated rings. The van der Waals surface area contributed by atoms with E-state index in [1.807, 2.05) is 4.90 Å². The maximum atomic E-state index is 11.7. The summed E-state index contributed by atoms with van der Waals surface area (Å²) in [5.74, 6) is 0.189. The Bertz CT molecular complexity index is 307. The molecular formula is C13H27Cl2N3O2. The molecule has 20 heavy (non-hydrogen) atoms. The molecule has 2 heterocycles. The van der Waals surface area contributed by atoms with Crippen LogP contribution < -0.4 is 5.32 Å². The van der Waals surface area contributed by atoms with Gasteiger partial charge in [-0.3, -0.25) is 9.69 Å². The normalized spacial score (nSPS) is 31.1. The number of rotatable bonds is 2. The number of nitrogens with zero attached hydrogens (tertiary/aromatic N) is 2. The monoisotopic (exact) mass is 327 g/mol. The van der Waals surface area contributed by atoms with Crippen LogP contribution in [0.4, 0.5) is 0 Å². The van der Waals surface area contributed by atoms with Gasteiger partial charge in [0.05, 0.1) is 19.3 Å². The van der Waals surface area contributed by atoms with Crippen LogP contribution in [0.1, 0.15) is 20.8 Å². The first-order valence-corrected chi connectivity index (χ1v) is 6.90. The van der Waals surface area contributed by atoms with Crippen LogP contribution in [-0.2, 0) is 9.53 Å². The molecule has 7 heteroatoms. The third-order valence-electron chi connectivity index (χ3n) is 3.97. The van der Waals surface area contributed by atoms with Gasteiger partial charge in [0.25, 0.3) is 0 Å². The van der Waals surface area contributed by atoms with Gasteiger partial charge >= 0.3 is 0 Å². The third-order valence-corrected chi connectivity index (χ3v) is 3.97. The molecule has 2 rings (SSSR count). The van der Waals surface area contributed by atoms with E-state index >= 15 is 0 Å². The number of carbonyl (C=O) groups excluding carboxylic acids is 1. The highest BCUT2D eigenvalue weighted by Crippen LogP contribution is 2.13. The third kappa shape index (κ3) is 5.04. The van der Waals surface area contributed by atoms with Crippen molar-refractivity contribution in [2.24, 2.45) is 0 Å². The SMILES string of the molecule is CC(=O)N1C[C@@H](C)NC[C@@H]1CN1CCOC[C@H]1C.Cl.Cl. The van der Waals surface area contributed by atoms with Crippen molar-refractivity contribution in [2.75, 3.05) is 39.4 Å². The Hall–Kier alpha value is -0.0700. The van der Waals surface area contributed by atoms with E-state index in [4.69, 9.17) is 4.74 Å². The Morgan fingerprint density at radius 1 is 1.35 bits per heavy atom. The fourth-order valence-corrected chi connectivity index (χ4v) is 2.81. The Labute approximate surface area is 134 Å². The van der Waals surface area contributed by atoms with Gasteiger partial charge < -0.3 is 15.0 Å². The van der Waals surface area contributed by atoms with Crippen molar-refractivity contribution < 1.29 is 9.53 Å². The van der Waals surface area contributed by atoms with Crippen molar-refractivity contribution in [1.29, 1.82) is 0 Å². The molecule has 0 aromatic rings. The van der Waals surface area contributed by atoms with Crippen molar-refractivity contribution in [3.63, 3.8) is 0 Å². The lowest BCUT2D eigenvalue weighted by molar-refractivity contribution is -0.133. The fraction of sp³-hybridized carbons (Fsp3) is 0.923. The van der Waals surface area contributed by atoms with E-state index in [0.717, 1.165) is 39.4 Å². The predicted octanol–water partition coefficient (Wildman–Crippen LogP) is 0.760. The van der Waals surface area contributed by atoms with Crippen molar-refractivity contribution >= 4 is 30.7 Å². The van der Waals surface area contributed by atoms with Gasteiger partial charge in [0.15, 0.2) is 0 Å². The molecule has 0 unspecified atom stereocenters. The Morgan fingerprint density at radius 3 is 2.65 bits per heavy atom. The number of amides is 1. The van der Waals surface area contributed by atoms with E-state index in [-0.39, 0.29) is 30.7 Å². The highest BCUT2D eigenvalue weighted by Gasteiger charge is 2.31. The largest absolute Gasteiger partial charge is 0.379 e. The summed E-state index contributed by atoms with van der Waals surface area (Å²) < 4.78 is 5.45. The second-order valence-electron chi connectivity index (χ2n) is 5.55. The van der Waals surface area contributed by atoms with Crippen LogP contribution in [0.5, 0.6) is 0 Å². The van der Waals surface area contributed by atoms with E-state index in [9.17, 15) is 4.79 Å².